The van der Waals surface area contributed by atoms with E-state index in [2.05, 4.69) is 4.98 Å². The van der Waals surface area contributed by atoms with Crippen LogP contribution in [0.15, 0.2) is 0 Å². The van der Waals surface area contributed by atoms with Crippen molar-refractivity contribution in [1.82, 2.24) is 4.98 Å². The second-order valence-electron chi connectivity index (χ2n) is 5.68. The van der Waals surface area contributed by atoms with E-state index in [4.69, 9.17) is 15.2 Å². The van der Waals surface area contributed by atoms with Gasteiger partial charge in [0.15, 0.2) is 10.8 Å². The summed E-state index contributed by atoms with van der Waals surface area (Å²) in [6.45, 7) is 6.92. The molecule has 0 amide bonds. The fraction of sp³-hybridized carbons (Fsp3) is 0.692. The van der Waals surface area contributed by atoms with Gasteiger partial charge in [-0.25, -0.2) is 9.78 Å². The van der Waals surface area contributed by atoms with Gasteiger partial charge in [0.2, 0.25) is 0 Å². The summed E-state index contributed by atoms with van der Waals surface area (Å²) in [5.41, 5.74) is 5.57. The van der Waals surface area contributed by atoms with E-state index >= 15 is 0 Å². The molecular weight excluding hydrogens is 264 g/mol. The average molecular weight is 284 g/mol. The van der Waals surface area contributed by atoms with Crippen molar-refractivity contribution in [1.29, 1.82) is 0 Å². The number of carbonyl (C=O) groups is 1. The summed E-state index contributed by atoms with van der Waals surface area (Å²) in [6.07, 6.45) is 1.99. The standard InChI is InChI=1S/C13H20N2O3S/c1-13(2,3)18-11(16)9-10(19-12(14)15-9)8-5-4-6-17-7-8/h8H,4-7H2,1-3H3,(H2,14,15). The van der Waals surface area contributed by atoms with Crippen LogP contribution in [0.1, 0.15) is 54.9 Å². The molecule has 2 heterocycles. The summed E-state index contributed by atoms with van der Waals surface area (Å²) in [4.78, 5) is 17.2. The minimum absolute atomic E-state index is 0.200. The van der Waals surface area contributed by atoms with Gasteiger partial charge in [-0.2, -0.15) is 0 Å². The van der Waals surface area contributed by atoms with Crippen LogP contribution in [-0.4, -0.2) is 29.8 Å². The third-order valence-corrected chi connectivity index (χ3v) is 3.84. The maximum Gasteiger partial charge on any atom is 0.358 e. The number of aromatic nitrogens is 1. The van der Waals surface area contributed by atoms with Crippen molar-refractivity contribution >= 4 is 22.4 Å². The number of hydrogen-bond acceptors (Lipinski definition) is 6. The number of nitrogens with zero attached hydrogens (tertiary/aromatic N) is 1. The molecule has 0 radical (unpaired) electrons. The van der Waals surface area contributed by atoms with Gasteiger partial charge < -0.3 is 15.2 Å². The second-order valence-corrected chi connectivity index (χ2v) is 6.74. The fourth-order valence-electron chi connectivity index (χ4n) is 2.05. The number of anilines is 1. The highest BCUT2D eigenvalue weighted by Crippen LogP contribution is 2.34. The molecule has 5 nitrogen and oxygen atoms in total. The van der Waals surface area contributed by atoms with E-state index in [0.29, 0.717) is 17.4 Å². The van der Waals surface area contributed by atoms with Crippen molar-refractivity contribution in [2.45, 2.75) is 45.1 Å². The quantitative estimate of drug-likeness (QED) is 0.845. The molecule has 19 heavy (non-hydrogen) atoms. The van der Waals surface area contributed by atoms with Gasteiger partial charge in [0.25, 0.3) is 0 Å². The zero-order valence-corrected chi connectivity index (χ0v) is 12.4. The van der Waals surface area contributed by atoms with Crippen LogP contribution in [0, 0.1) is 0 Å². The van der Waals surface area contributed by atoms with E-state index in [0.717, 1.165) is 24.3 Å². The Balaban J connectivity index is 2.22. The van der Waals surface area contributed by atoms with Crippen LogP contribution in [0.4, 0.5) is 5.13 Å². The van der Waals surface area contributed by atoms with Gasteiger partial charge in [0, 0.05) is 17.4 Å². The molecule has 2 N–H and O–H groups in total. The zero-order chi connectivity index (χ0) is 14.0. The Hall–Kier alpha value is -1.14. The molecule has 0 aliphatic carbocycles. The first kappa shape index (κ1) is 14.3. The Morgan fingerprint density at radius 2 is 2.26 bits per heavy atom. The Morgan fingerprint density at radius 3 is 2.84 bits per heavy atom. The second kappa shape index (κ2) is 5.46. The lowest BCUT2D eigenvalue weighted by atomic mass is 9.99. The topological polar surface area (TPSA) is 74.4 Å². The molecule has 0 saturated carbocycles. The highest BCUT2D eigenvalue weighted by molar-refractivity contribution is 7.15. The van der Waals surface area contributed by atoms with Crippen molar-refractivity contribution in [2.24, 2.45) is 0 Å². The Morgan fingerprint density at radius 1 is 1.53 bits per heavy atom. The van der Waals surface area contributed by atoms with Crippen LogP contribution >= 0.6 is 11.3 Å². The molecule has 1 atom stereocenters. The molecule has 1 aromatic rings. The van der Waals surface area contributed by atoms with Gasteiger partial charge in [-0.05, 0) is 33.6 Å². The van der Waals surface area contributed by atoms with E-state index in [1.165, 1.54) is 11.3 Å². The number of ether oxygens (including phenoxy) is 2. The first-order valence-corrected chi connectivity index (χ1v) is 7.26. The van der Waals surface area contributed by atoms with Crippen LogP contribution in [-0.2, 0) is 9.47 Å². The van der Waals surface area contributed by atoms with Gasteiger partial charge in [0.05, 0.1) is 6.61 Å². The van der Waals surface area contributed by atoms with Crippen LogP contribution in [0.2, 0.25) is 0 Å². The normalized spacial score (nSPS) is 20.3. The van der Waals surface area contributed by atoms with Gasteiger partial charge in [-0.3, -0.25) is 0 Å². The van der Waals surface area contributed by atoms with Crippen LogP contribution in [0.5, 0.6) is 0 Å². The number of carbonyl (C=O) groups excluding carboxylic acids is 1. The van der Waals surface area contributed by atoms with Crippen LogP contribution in [0.25, 0.3) is 0 Å². The van der Waals surface area contributed by atoms with Crippen molar-refractivity contribution in [3.63, 3.8) is 0 Å². The molecule has 1 saturated heterocycles. The molecule has 1 unspecified atom stereocenters. The third-order valence-electron chi connectivity index (χ3n) is 2.79. The van der Waals surface area contributed by atoms with E-state index in [1.807, 2.05) is 20.8 Å². The van der Waals surface area contributed by atoms with Crippen molar-refractivity contribution in [2.75, 3.05) is 18.9 Å². The monoisotopic (exact) mass is 284 g/mol. The molecule has 2 rings (SSSR count). The Labute approximate surface area is 117 Å². The molecular formula is C13H20N2O3S. The molecule has 1 aromatic heterocycles. The summed E-state index contributed by atoms with van der Waals surface area (Å²) in [6, 6.07) is 0. The predicted octanol–water partition coefficient (Wildman–Crippen LogP) is 2.57. The predicted molar refractivity (Wildman–Crippen MR) is 74.5 cm³/mol. The van der Waals surface area contributed by atoms with Gasteiger partial charge in [-0.15, -0.1) is 11.3 Å². The smallest absolute Gasteiger partial charge is 0.358 e. The summed E-state index contributed by atoms with van der Waals surface area (Å²) in [5.74, 6) is -0.202. The minimum atomic E-state index is -0.532. The number of nitrogen functional groups attached to an aromatic ring is 1. The number of nitrogens with two attached hydrogens (primary N) is 1. The van der Waals surface area contributed by atoms with Gasteiger partial charge in [0.1, 0.15) is 5.60 Å². The highest BCUT2D eigenvalue weighted by atomic mass is 32.1. The first-order valence-electron chi connectivity index (χ1n) is 6.44. The Kier molecular flexibility index (Phi) is 4.10. The van der Waals surface area contributed by atoms with Crippen molar-refractivity contribution in [3.8, 4) is 0 Å². The highest BCUT2D eigenvalue weighted by Gasteiger charge is 2.29. The average Bonchev–Trinajstić information content (AvgIpc) is 2.70. The maximum atomic E-state index is 12.2. The molecule has 1 aliphatic rings. The lowest BCUT2D eigenvalue weighted by molar-refractivity contribution is 0.00602. The Bertz CT molecular complexity index is 459. The lowest BCUT2D eigenvalue weighted by Gasteiger charge is -2.23. The molecule has 6 heteroatoms. The summed E-state index contributed by atoms with van der Waals surface area (Å²) in [5, 5.41) is 0.404. The number of thiazole rings is 1. The van der Waals surface area contributed by atoms with Crippen LogP contribution in [0.3, 0.4) is 0 Å². The molecule has 0 bridgehead atoms. The van der Waals surface area contributed by atoms with E-state index < -0.39 is 11.6 Å². The van der Waals surface area contributed by atoms with E-state index in [-0.39, 0.29) is 5.92 Å². The SMILES string of the molecule is CC(C)(C)OC(=O)c1nc(N)sc1C1CCCOC1. The lowest BCUT2D eigenvalue weighted by Crippen LogP contribution is -2.25. The summed E-state index contributed by atoms with van der Waals surface area (Å²) < 4.78 is 10.8. The molecule has 1 fully saturated rings. The zero-order valence-electron chi connectivity index (χ0n) is 11.6. The van der Waals surface area contributed by atoms with Gasteiger partial charge >= 0.3 is 5.97 Å². The molecule has 0 aromatic carbocycles. The third kappa shape index (κ3) is 3.67. The molecule has 0 spiro atoms. The summed E-state index contributed by atoms with van der Waals surface area (Å²) >= 11 is 1.36. The molecule has 106 valence electrons. The number of esters is 1. The number of rotatable bonds is 2. The fourth-order valence-corrected chi connectivity index (χ4v) is 2.99. The van der Waals surface area contributed by atoms with E-state index in [1.54, 1.807) is 0 Å². The largest absolute Gasteiger partial charge is 0.455 e. The van der Waals surface area contributed by atoms with Crippen LogP contribution < -0.4 is 5.73 Å². The van der Waals surface area contributed by atoms with Gasteiger partial charge in [-0.1, -0.05) is 0 Å². The minimum Gasteiger partial charge on any atom is -0.455 e. The maximum absolute atomic E-state index is 12.2. The summed E-state index contributed by atoms with van der Waals surface area (Å²) in [7, 11) is 0. The number of hydrogen-bond donors (Lipinski definition) is 1. The van der Waals surface area contributed by atoms with Crippen molar-refractivity contribution in [3.05, 3.63) is 10.6 Å². The molecule has 1 aliphatic heterocycles. The van der Waals surface area contributed by atoms with Crippen molar-refractivity contribution < 1.29 is 14.3 Å². The first-order chi connectivity index (χ1) is 8.87. The van der Waals surface area contributed by atoms with E-state index in [9.17, 15) is 4.79 Å².